The molecule has 0 saturated carbocycles. The number of amides is 1. The van der Waals surface area contributed by atoms with Crippen LogP contribution < -0.4 is 21.7 Å². The van der Waals surface area contributed by atoms with Crippen molar-refractivity contribution in [2.75, 3.05) is 30.0 Å². The van der Waals surface area contributed by atoms with E-state index in [0.29, 0.717) is 48.4 Å². The summed E-state index contributed by atoms with van der Waals surface area (Å²) in [6.45, 7) is 0.891. The minimum absolute atomic E-state index is 0.0542. The van der Waals surface area contributed by atoms with Gasteiger partial charge in [0.1, 0.15) is 0 Å². The molecule has 10 nitrogen and oxygen atoms in total. The van der Waals surface area contributed by atoms with Gasteiger partial charge in [-0.15, -0.1) is 12.6 Å². The van der Waals surface area contributed by atoms with Crippen molar-refractivity contribution in [2.45, 2.75) is 19.4 Å². The van der Waals surface area contributed by atoms with Gasteiger partial charge in [-0.1, -0.05) is 0 Å². The molecule has 0 bridgehead atoms. The molecule has 0 spiro atoms. The fourth-order valence-electron chi connectivity index (χ4n) is 2.80. The maximum absolute atomic E-state index is 12.2. The molecule has 3 rings (SSSR count). The zero-order valence-electron chi connectivity index (χ0n) is 16.4. The summed E-state index contributed by atoms with van der Waals surface area (Å²) in [7, 11) is 1.90. The summed E-state index contributed by atoms with van der Waals surface area (Å²) in [5, 5.41) is 2.59. The smallest absolute Gasteiger partial charge is 0.251 e. The van der Waals surface area contributed by atoms with E-state index in [1.807, 2.05) is 24.1 Å². The van der Waals surface area contributed by atoms with Crippen molar-refractivity contribution in [3.63, 3.8) is 0 Å². The van der Waals surface area contributed by atoms with Crippen LogP contribution in [0, 0.1) is 0 Å². The van der Waals surface area contributed by atoms with Crippen molar-refractivity contribution in [2.24, 2.45) is 0 Å². The minimum atomic E-state index is -0.189. The number of nitrogen functional groups attached to an aromatic ring is 2. The Hall–Kier alpha value is -3.47. The van der Waals surface area contributed by atoms with Gasteiger partial charge in [0.25, 0.3) is 5.91 Å². The molecule has 30 heavy (non-hydrogen) atoms. The first-order chi connectivity index (χ1) is 14.3. The van der Waals surface area contributed by atoms with Crippen LogP contribution in [0.15, 0.2) is 30.5 Å². The van der Waals surface area contributed by atoms with E-state index in [1.165, 1.54) is 0 Å². The van der Waals surface area contributed by atoms with Gasteiger partial charge in [-0.25, -0.2) is 9.97 Å². The highest BCUT2D eigenvalue weighted by Crippen LogP contribution is 2.18. The molecular formula is C19H22N8O2S. The summed E-state index contributed by atoms with van der Waals surface area (Å²) >= 11 is 3.70. The molecule has 3 aromatic rings. The molecule has 2 aromatic heterocycles. The molecule has 0 saturated heterocycles. The van der Waals surface area contributed by atoms with Gasteiger partial charge in [-0.3, -0.25) is 9.59 Å². The predicted octanol–water partition coefficient (Wildman–Crippen LogP) is 1.19. The Labute approximate surface area is 178 Å². The maximum Gasteiger partial charge on any atom is 0.251 e. The van der Waals surface area contributed by atoms with Crippen LogP contribution in [0.3, 0.4) is 0 Å². The van der Waals surface area contributed by atoms with Gasteiger partial charge in [0.15, 0.2) is 22.1 Å². The van der Waals surface area contributed by atoms with E-state index in [1.54, 1.807) is 18.3 Å². The predicted molar refractivity (Wildman–Crippen MR) is 118 cm³/mol. The molecule has 0 aliphatic rings. The molecule has 0 unspecified atom stereocenters. The van der Waals surface area contributed by atoms with Crippen molar-refractivity contribution in [1.29, 1.82) is 0 Å². The Bertz CT molecular complexity index is 1070. The van der Waals surface area contributed by atoms with Gasteiger partial charge in [-0.05, 0) is 30.7 Å². The normalized spacial score (nSPS) is 10.7. The number of benzene rings is 1. The number of hydrogen-bond acceptors (Lipinski definition) is 9. The summed E-state index contributed by atoms with van der Waals surface area (Å²) < 4.78 is 0. The summed E-state index contributed by atoms with van der Waals surface area (Å²) in [6.07, 6.45) is 2.50. The Morgan fingerprint density at radius 1 is 1.13 bits per heavy atom. The highest BCUT2D eigenvalue weighted by atomic mass is 32.1. The summed E-state index contributed by atoms with van der Waals surface area (Å²) in [5.74, 6) is 0.0491. The first-order valence-electron chi connectivity index (χ1n) is 9.19. The molecule has 0 aliphatic carbocycles. The SMILES string of the molecule is CN(Cc1cnc2nc(N)nc(N)c2n1)c1ccc(C(=O)NCCCC(=O)S)cc1. The third kappa shape index (κ3) is 5.32. The van der Waals surface area contributed by atoms with Crippen LogP contribution in [0.4, 0.5) is 17.5 Å². The molecule has 5 N–H and O–H groups in total. The van der Waals surface area contributed by atoms with E-state index in [9.17, 15) is 9.59 Å². The van der Waals surface area contributed by atoms with Crippen molar-refractivity contribution in [3.05, 3.63) is 41.7 Å². The van der Waals surface area contributed by atoms with E-state index < -0.39 is 0 Å². The van der Waals surface area contributed by atoms with Gasteiger partial charge in [0.2, 0.25) is 5.95 Å². The molecule has 0 radical (unpaired) electrons. The van der Waals surface area contributed by atoms with Crippen molar-refractivity contribution >= 4 is 52.3 Å². The number of thiol groups is 1. The van der Waals surface area contributed by atoms with Gasteiger partial charge >= 0.3 is 0 Å². The Kier molecular flexibility index (Phi) is 6.62. The Balaban J connectivity index is 1.63. The second-order valence-electron chi connectivity index (χ2n) is 6.66. The van der Waals surface area contributed by atoms with Crippen molar-refractivity contribution in [3.8, 4) is 0 Å². The van der Waals surface area contributed by atoms with Gasteiger partial charge in [0.05, 0.1) is 18.4 Å². The average molecular weight is 427 g/mol. The van der Waals surface area contributed by atoms with Crippen molar-refractivity contribution in [1.82, 2.24) is 25.3 Å². The quantitative estimate of drug-likeness (QED) is 0.307. The van der Waals surface area contributed by atoms with Crippen LogP contribution in [0.5, 0.6) is 0 Å². The highest BCUT2D eigenvalue weighted by Gasteiger charge is 2.11. The Morgan fingerprint density at radius 2 is 1.87 bits per heavy atom. The van der Waals surface area contributed by atoms with Crippen LogP contribution in [-0.4, -0.2) is 44.6 Å². The van der Waals surface area contributed by atoms with E-state index in [-0.39, 0.29) is 22.8 Å². The zero-order chi connectivity index (χ0) is 21.7. The standard InChI is InChI=1S/C19H22N8O2S/c1-27(10-12-9-23-17-15(24-12)16(20)25-19(21)26-17)13-6-4-11(5-7-13)18(29)22-8-2-3-14(28)30/h4-7,9H,2-3,8,10H2,1H3,(H,22,29)(H,28,30)(H4,20,21,23,25,26). The molecule has 1 amide bonds. The molecular weight excluding hydrogens is 404 g/mol. The second kappa shape index (κ2) is 9.35. The third-order valence-electron chi connectivity index (χ3n) is 4.32. The number of anilines is 3. The molecule has 11 heteroatoms. The highest BCUT2D eigenvalue weighted by molar-refractivity contribution is 7.96. The summed E-state index contributed by atoms with van der Waals surface area (Å²) in [5.41, 5.74) is 14.3. The Morgan fingerprint density at radius 3 is 2.57 bits per heavy atom. The molecule has 156 valence electrons. The van der Waals surface area contributed by atoms with Crippen LogP contribution in [0.1, 0.15) is 28.9 Å². The number of rotatable bonds is 8. The lowest BCUT2D eigenvalue weighted by Gasteiger charge is -2.19. The number of aromatic nitrogens is 4. The maximum atomic E-state index is 12.2. The van der Waals surface area contributed by atoms with E-state index in [2.05, 4.69) is 37.9 Å². The first-order valence-corrected chi connectivity index (χ1v) is 9.64. The van der Waals surface area contributed by atoms with Crippen molar-refractivity contribution < 1.29 is 9.59 Å². The van der Waals surface area contributed by atoms with Crippen LogP contribution >= 0.6 is 12.6 Å². The number of nitrogens with zero attached hydrogens (tertiary/aromatic N) is 5. The number of fused-ring (bicyclic) bond motifs is 1. The number of nitrogens with one attached hydrogen (secondary N) is 1. The van der Waals surface area contributed by atoms with E-state index in [4.69, 9.17) is 11.5 Å². The largest absolute Gasteiger partial charge is 0.382 e. The fourth-order valence-corrected chi connectivity index (χ4v) is 2.96. The molecule has 0 aliphatic heterocycles. The lowest BCUT2D eigenvalue weighted by Crippen LogP contribution is -2.24. The summed E-state index contributed by atoms with van der Waals surface area (Å²) in [6, 6.07) is 7.18. The van der Waals surface area contributed by atoms with Crippen LogP contribution in [0.2, 0.25) is 0 Å². The third-order valence-corrected chi connectivity index (χ3v) is 4.55. The monoisotopic (exact) mass is 426 g/mol. The van der Waals surface area contributed by atoms with Gasteiger partial charge in [0, 0.05) is 31.3 Å². The average Bonchev–Trinajstić information content (AvgIpc) is 2.71. The van der Waals surface area contributed by atoms with Crippen LogP contribution in [0.25, 0.3) is 11.2 Å². The molecule has 2 heterocycles. The first kappa shape index (κ1) is 21.2. The zero-order valence-corrected chi connectivity index (χ0v) is 17.3. The van der Waals surface area contributed by atoms with Gasteiger partial charge < -0.3 is 21.7 Å². The fraction of sp³-hybridized carbons (Fsp3) is 0.263. The van der Waals surface area contributed by atoms with Crippen LogP contribution in [-0.2, 0) is 11.3 Å². The molecule has 0 fully saturated rings. The minimum Gasteiger partial charge on any atom is -0.382 e. The lowest BCUT2D eigenvalue weighted by atomic mass is 10.1. The molecule has 0 atom stereocenters. The van der Waals surface area contributed by atoms with E-state index >= 15 is 0 Å². The second-order valence-corrected chi connectivity index (χ2v) is 7.16. The topological polar surface area (TPSA) is 153 Å². The molecule has 1 aromatic carbocycles. The summed E-state index contributed by atoms with van der Waals surface area (Å²) in [4.78, 5) is 41.6. The van der Waals surface area contributed by atoms with Gasteiger partial charge in [-0.2, -0.15) is 9.97 Å². The number of carbonyl (C=O) groups excluding carboxylic acids is 2. The lowest BCUT2D eigenvalue weighted by molar-refractivity contribution is -0.110. The number of hydrogen-bond donors (Lipinski definition) is 4. The van der Waals surface area contributed by atoms with E-state index in [0.717, 1.165) is 5.69 Å². The number of carbonyl (C=O) groups is 2. The number of nitrogens with two attached hydrogens (primary N) is 2.